The number of amides is 1. The summed E-state index contributed by atoms with van der Waals surface area (Å²) in [7, 11) is 4.01. The summed E-state index contributed by atoms with van der Waals surface area (Å²) in [6.07, 6.45) is 3.85. The van der Waals surface area contributed by atoms with Crippen LogP contribution in [0.5, 0.6) is 5.75 Å². The van der Waals surface area contributed by atoms with E-state index in [0.717, 1.165) is 23.5 Å². The zero-order chi connectivity index (χ0) is 17.8. The van der Waals surface area contributed by atoms with Gasteiger partial charge in [0.15, 0.2) is 0 Å². The highest BCUT2D eigenvalue weighted by Gasteiger charge is 2.08. The lowest BCUT2D eigenvalue weighted by Gasteiger charge is -2.12. The zero-order valence-corrected chi connectivity index (χ0v) is 14.8. The van der Waals surface area contributed by atoms with Crippen LogP contribution in [0.1, 0.15) is 15.9 Å². The summed E-state index contributed by atoms with van der Waals surface area (Å²) < 4.78 is 7.67. The number of carbonyl (C=O) groups excluding carboxylic acids is 1. The number of aromatic nitrogens is 1. The molecular weight excluding hydrogens is 314 g/mol. The number of likely N-dealkylation sites (N-methyl/N-ethyl adjacent to an activating group) is 1. The van der Waals surface area contributed by atoms with Crippen LogP contribution in [-0.2, 0) is 0 Å². The van der Waals surface area contributed by atoms with Crippen LogP contribution in [0.15, 0.2) is 54.9 Å². The molecule has 130 valence electrons. The maximum absolute atomic E-state index is 12.5. The number of benzene rings is 1. The van der Waals surface area contributed by atoms with Crippen LogP contribution in [0, 0.1) is 6.92 Å². The summed E-state index contributed by atoms with van der Waals surface area (Å²) in [5.41, 5.74) is 3.57. The average molecular weight is 337 g/mol. The Morgan fingerprint density at radius 2 is 2.00 bits per heavy atom. The van der Waals surface area contributed by atoms with Crippen LogP contribution in [0.3, 0.4) is 0 Å². The summed E-state index contributed by atoms with van der Waals surface area (Å²) in [5, 5.41) is 2.93. The molecule has 3 aromatic rings. The van der Waals surface area contributed by atoms with Crippen LogP contribution < -0.4 is 10.1 Å². The number of pyridine rings is 1. The van der Waals surface area contributed by atoms with E-state index in [1.54, 1.807) is 0 Å². The van der Waals surface area contributed by atoms with Crippen molar-refractivity contribution in [2.75, 3.05) is 32.6 Å². The van der Waals surface area contributed by atoms with E-state index in [2.05, 4.69) is 16.3 Å². The maximum Gasteiger partial charge on any atom is 0.257 e. The molecule has 2 aromatic heterocycles. The van der Waals surface area contributed by atoms with Crippen LogP contribution in [-0.4, -0.2) is 42.5 Å². The largest absolute Gasteiger partial charge is 0.492 e. The number of carbonyl (C=O) groups is 1. The Morgan fingerprint density at radius 1 is 1.16 bits per heavy atom. The highest BCUT2D eigenvalue weighted by atomic mass is 16.5. The van der Waals surface area contributed by atoms with Crippen molar-refractivity contribution in [2.24, 2.45) is 0 Å². The van der Waals surface area contributed by atoms with Gasteiger partial charge in [-0.1, -0.05) is 6.07 Å². The molecule has 1 amide bonds. The predicted molar refractivity (Wildman–Crippen MR) is 101 cm³/mol. The van der Waals surface area contributed by atoms with E-state index in [1.165, 1.54) is 5.56 Å². The van der Waals surface area contributed by atoms with Crippen molar-refractivity contribution in [3.05, 3.63) is 66.0 Å². The fourth-order valence-electron chi connectivity index (χ4n) is 2.60. The third-order valence-corrected chi connectivity index (χ3v) is 3.89. The second kappa shape index (κ2) is 7.40. The molecule has 0 saturated carbocycles. The summed E-state index contributed by atoms with van der Waals surface area (Å²) in [5.74, 6) is 0.606. The molecule has 2 heterocycles. The Balaban J connectivity index is 1.69. The van der Waals surface area contributed by atoms with Crippen LogP contribution in [0.25, 0.3) is 5.52 Å². The van der Waals surface area contributed by atoms with E-state index >= 15 is 0 Å². The topological polar surface area (TPSA) is 46.0 Å². The van der Waals surface area contributed by atoms with Gasteiger partial charge in [0.05, 0.1) is 5.56 Å². The second-order valence-corrected chi connectivity index (χ2v) is 6.40. The molecule has 5 nitrogen and oxygen atoms in total. The fourth-order valence-corrected chi connectivity index (χ4v) is 2.60. The minimum Gasteiger partial charge on any atom is -0.492 e. The van der Waals surface area contributed by atoms with Gasteiger partial charge in [-0.2, -0.15) is 0 Å². The van der Waals surface area contributed by atoms with Gasteiger partial charge >= 0.3 is 0 Å². The molecule has 0 spiro atoms. The third-order valence-electron chi connectivity index (χ3n) is 3.89. The van der Waals surface area contributed by atoms with Gasteiger partial charge in [0.25, 0.3) is 5.91 Å². The number of nitrogens with zero attached hydrogens (tertiary/aromatic N) is 2. The fraction of sp³-hybridized carbons (Fsp3) is 0.250. The van der Waals surface area contributed by atoms with Crippen LogP contribution in [0.4, 0.5) is 5.69 Å². The molecule has 1 N–H and O–H groups in total. The molecule has 0 aliphatic rings. The Bertz CT molecular complexity index is 884. The molecule has 25 heavy (non-hydrogen) atoms. The molecule has 0 bridgehead atoms. The van der Waals surface area contributed by atoms with E-state index in [9.17, 15) is 4.79 Å². The normalized spacial score (nSPS) is 11.0. The first kappa shape index (κ1) is 17.0. The Kier molecular flexibility index (Phi) is 5.05. The number of anilines is 1. The SMILES string of the molecule is Cc1cc2ccc(C(=O)Nc3cccc(OCCN(C)C)c3)cn2c1. The van der Waals surface area contributed by atoms with Gasteiger partial charge in [-0.05, 0) is 56.9 Å². The minimum absolute atomic E-state index is 0.140. The highest BCUT2D eigenvalue weighted by molar-refractivity contribution is 6.04. The number of fused-ring (bicyclic) bond motifs is 1. The smallest absolute Gasteiger partial charge is 0.257 e. The first-order chi connectivity index (χ1) is 12.0. The molecule has 0 aliphatic carbocycles. The Morgan fingerprint density at radius 3 is 2.80 bits per heavy atom. The van der Waals surface area contributed by atoms with E-state index < -0.39 is 0 Å². The van der Waals surface area contributed by atoms with Crippen molar-refractivity contribution in [1.29, 1.82) is 0 Å². The summed E-state index contributed by atoms with van der Waals surface area (Å²) in [6, 6.07) is 13.3. The van der Waals surface area contributed by atoms with E-state index in [1.807, 2.05) is 74.2 Å². The zero-order valence-electron chi connectivity index (χ0n) is 14.8. The van der Waals surface area contributed by atoms with Gasteiger partial charge in [-0.15, -0.1) is 0 Å². The average Bonchev–Trinajstić information content (AvgIpc) is 2.94. The number of rotatable bonds is 6. The van der Waals surface area contributed by atoms with Gasteiger partial charge in [-0.25, -0.2) is 0 Å². The molecule has 1 aromatic carbocycles. The lowest BCUT2D eigenvalue weighted by atomic mass is 10.2. The number of hydrogen-bond acceptors (Lipinski definition) is 3. The van der Waals surface area contributed by atoms with E-state index in [4.69, 9.17) is 4.74 Å². The maximum atomic E-state index is 12.5. The molecule has 5 heteroatoms. The van der Waals surface area contributed by atoms with Crippen LogP contribution in [0.2, 0.25) is 0 Å². The van der Waals surface area contributed by atoms with Crippen molar-refractivity contribution >= 4 is 17.1 Å². The van der Waals surface area contributed by atoms with Crippen molar-refractivity contribution in [2.45, 2.75) is 6.92 Å². The molecule has 0 saturated heterocycles. The van der Waals surface area contributed by atoms with Crippen LogP contribution >= 0.6 is 0 Å². The number of nitrogens with one attached hydrogen (secondary N) is 1. The number of ether oxygens (including phenoxy) is 1. The monoisotopic (exact) mass is 337 g/mol. The van der Waals surface area contributed by atoms with Gasteiger partial charge in [0.2, 0.25) is 0 Å². The molecule has 3 rings (SSSR count). The summed E-state index contributed by atoms with van der Waals surface area (Å²) in [4.78, 5) is 14.6. The quantitative estimate of drug-likeness (QED) is 0.749. The molecule has 0 aliphatic heterocycles. The number of aryl methyl sites for hydroxylation is 1. The van der Waals surface area contributed by atoms with Gasteiger partial charge in [0, 0.05) is 36.2 Å². The standard InChI is InChI=1S/C20H23N3O2/c1-15-11-18-8-7-16(14-23(18)13-15)20(24)21-17-5-4-6-19(12-17)25-10-9-22(2)3/h4-8,11-14H,9-10H2,1-3H3,(H,21,24). The van der Waals surface area contributed by atoms with Crippen molar-refractivity contribution < 1.29 is 9.53 Å². The molecule has 0 unspecified atom stereocenters. The van der Waals surface area contributed by atoms with Gasteiger partial charge in [-0.3, -0.25) is 4.79 Å². The van der Waals surface area contributed by atoms with Crippen molar-refractivity contribution in [3.8, 4) is 5.75 Å². The predicted octanol–water partition coefficient (Wildman–Crippen LogP) is 3.44. The Labute approximate surface area is 147 Å². The van der Waals surface area contributed by atoms with Crippen molar-refractivity contribution in [3.63, 3.8) is 0 Å². The second-order valence-electron chi connectivity index (χ2n) is 6.40. The van der Waals surface area contributed by atoms with Gasteiger partial charge in [0.1, 0.15) is 12.4 Å². The summed E-state index contributed by atoms with van der Waals surface area (Å²) in [6.45, 7) is 3.48. The molecular formula is C20H23N3O2. The highest BCUT2D eigenvalue weighted by Crippen LogP contribution is 2.19. The van der Waals surface area contributed by atoms with Crippen molar-refractivity contribution in [1.82, 2.24) is 9.30 Å². The van der Waals surface area contributed by atoms with Gasteiger partial charge < -0.3 is 19.4 Å². The number of hydrogen-bond donors (Lipinski definition) is 1. The molecule has 0 radical (unpaired) electrons. The summed E-state index contributed by atoms with van der Waals surface area (Å²) >= 11 is 0. The lowest BCUT2D eigenvalue weighted by molar-refractivity contribution is 0.102. The van der Waals surface area contributed by atoms with E-state index in [-0.39, 0.29) is 5.91 Å². The Hall–Kier alpha value is -2.79. The van der Waals surface area contributed by atoms with E-state index in [0.29, 0.717) is 12.2 Å². The molecule has 0 fully saturated rings. The lowest BCUT2D eigenvalue weighted by Crippen LogP contribution is -2.19. The first-order valence-electron chi connectivity index (χ1n) is 8.28. The minimum atomic E-state index is -0.140. The third kappa shape index (κ3) is 4.39. The molecule has 0 atom stereocenters. The first-order valence-corrected chi connectivity index (χ1v) is 8.28.